The third-order valence-corrected chi connectivity index (χ3v) is 4.65. The SMILES string of the molecule is CC(NC(=O)C1CCCC1(C)C)c1ccc(CN)cc1. The predicted octanol–water partition coefficient (Wildman–Crippen LogP) is 3.15. The molecule has 1 aromatic carbocycles. The Bertz CT molecular complexity index is 464. The second-order valence-electron chi connectivity index (χ2n) is 6.61. The Morgan fingerprint density at radius 3 is 2.55 bits per heavy atom. The van der Waals surface area contributed by atoms with E-state index in [4.69, 9.17) is 5.73 Å². The molecule has 1 aliphatic rings. The summed E-state index contributed by atoms with van der Waals surface area (Å²) < 4.78 is 0. The zero-order chi connectivity index (χ0) is 14.8. The van der Waals surface area contributed by atoms with Gasteiger partial charge < -0.3 is 11.1 Å². The topological polar surface area (TPSA) is 55.1 Å². The lowest BCUT2D eigenvalue weighted by atomic mass is 9.81. The van der Waals surface area contributed by atoms with Crippen LogP contribution in [0.3, 0.4) is 0 Å². The van der Waals surface area contributed by atoms with Crippen molar-refractivity contribution in [3.8, 4) is 0 Å². The lowest BCUT2D eigenvalue weighted by Crippen LogP contribution is -2.37. The van der Waals surface area contributed by atoms with Gasteiger partial charge in [-0.2, -0.15) is 0 Å². The fourth-order valence-corrected chi connectivity index (χ4v) is 3.15. The zero-order valence-corrected chi connectivity index (χ0v) is 12.8. The molecule has 3 nitrogen and oxygen atoms in total. The molecule has 2 rings (SSSR count). The third kappa shape index (κ3) is 3.21. The van der Waals surface area contributed by atoms with Crippen molar-refractivity contribution in [2.45, 2.75) is 52.6 Å². The first-order valence-electron chi connectivity index (χ1n) is 7.53. The van der Waals surface area contributed by atoms with Crippen LogP contribution >= 0.6 is 0 Å². The van der Waals surface area contributed by atoms with Gasteiger partial charge in [0.25, 0.3) is 0 Å². The molecule has 0 aromatic heterocycles. The molecule has 110 valence electrons. The molecule has 3 N–H and O–H groups in total. The molecule has 1 saturated carbocycles. The van der Waals surface area contributed by atoms with Crippen LogP contribution < -0.4 is 11.1 Å². The maximum atomic E-state index is 12.4. The van der Waals surface area contributed by atoms with Crippen LogP contribution in [0.2, 0.25) is 0 Å². The van der Waals surface area contributed by atoms with E-state index >= 15 is 0 Å². The molecule has 0 heterocycles. The predicted molar refractivity (Wildman–Crippen MR) is 82.0 cm³/mol. The average Bonchev–Trinajstić information content (AvgIpc) is 2.78. The van der Waals surface area contributed by atoms with Gasteiger partial charge in [0.1, 0.15) is 0 Å². The number of nitrogens with one attached hydrogen (secondary N) is 1. The summed E-state index contributed by atoms with van der Waals surface area (Å²) in [7, 11) is 0. The molecule has 0 saturated heterocycles. The Morgan fingerprint density at radius 2 is 2.05 bits per heavy atom. The Balaban J connectivity index is 1.99. The highest BCUT2D eigenvalue weighted by atomic mass is 16.2. The molecule has 1 aliphatic carbocycles. The molecule has 2 atom stereocenters. The molecule has 20 heavy (non-hydrogen) atoms. The average molecular weight is 274 g/mol. The van der Waals surface area contributed by atoms with Gasteiger partial charge in [-0.25, -0.2) is 0 Å². The van der Waals surface area contributed by atoms with Crippen LogP contribution in [-0.4, -0.2) is 5.91 Å². The largest absolute Gasteiger partial charge is 0.349 e. The number of hydrogen-bond donors (Lipinski definition) is 2. The highest BCUT2D eigenvalue weighted by Gasteiger charge is 2.39. The van der Waals surface area contributed by atoms with Gasteiger partial charge in [-0.05, 0) is 36.3 Å². The number of carbonyl (C=O) groups excluding carboxylic acids is 1. The van der Waals surface area contributed by atoms with Crippen LogP contribution in [0, 0.1) is 11.3 Å². The third-order valence-electron chi connectivity index (χ3n) is 4.65. The highest BCUT2D eigenvalue weighted by molar-refractivity contribution is 5.80. The lowest BCUT2D eigenvalue weighted by molar-refractivity contribution is -0.128. The summed E-state index contributed by atoms with van der Waals surface area (Å²) >= 11 is 0. The van der Waals surface area contributed by atoms with E-state index in [1.165, 1.54) is 0 Å². The number of nitrogens with two attached hydrogens (primary N) is 1. The molecular formula is C17H26N2O. The second kappa shape index (κ2) is 5.96. The minimum absolute atomic E-state index is 0.0470. The minimum Gasteiger partial charge on any atom is -0.349 e. The van der Waals surface area contributed by atoms with Crippen molar-refractivity contribution in [3.05, 3.63) is 35.4 Å². The normalized spacial score (nSPS) is 22.5. The summed E-state index contributed by atoms with van der Waals surface area (Å²) in [5.74, 6) is 0.344. The van der Waals surface area contributed by atoms with E-state index in [0.717, 1.165) is 30.4 Å². The van der Waals surface area contributed by atoms with E-state index in [1.807, 2.05) is 31.2 Å². The van der Waals surface area contributed by atoms with Gasteiger partial charge in [0.15, 0.2) is 0 Å². The Kier molecular flexibility index (Phi) is 4.48. The minimum atomic E-state index is 0.0470. The monoisotopic (exact) mass is 274 g/mol. The summed E-state index contributed by atoms with van der Waals surface area (Å²) in [6, 6.07) is 8.19. The van der Waals surface area contributed by atoms with E-state index in [9.17, 15) is 4.79 Å². The number of carbonyl (C=O) groups is 1. The smallest absolute Gasteiger partial charge is 0.224 e. The van der Waals surface area contributed by atoms with Gasteiger partial charge in [-0.15, -0.1) is 0 Å². The van der Waals surface area contributed by atoms with Gasteiger partial charge >= 0.3 is 0 Å². The van der Waals surface area contributed by atoms with Crippen molar-refractivity contribution in [2.75, 3.05) is 0 Å². The van der Waals surface area contributed by atoms with E-state index in [-0.39, 0.29) is 23.3 Å². The van der Waals surface area contributed by atoms with Gasteiger partial charge in [0, 0.05) is 12.5 Å². The molecule has 1 amide bonds. The maximum absolute atomic E-state index is 12.4. The molecule has 1 aromatic rings. The first kappa shape index (κ1) is 15.0. The van der Waals surface area contributed by atoms with E-state index in [1.54, 1.807) is 0 Å². The highest BCUT2D eigenvalue weighted by Crippen LogP contribution is 2.42. The van der Waals surface area contributed by atoms with Gasteiger partial charge in [0.2, 0.25) is 5.91 Å². The van der Waals surface area contributed by atoms with Crippen molar-refractivity contribution >= 4 is 5.91 Å². The van der Waals surface area contributed by atoms with E-state index in [0.29, 0.717) is 6.54 Å². The molecule has 0 aliphatic heterocycles. The van der Waals surface area contributed by atoms with Crippen molar-refractivity contribution < 1.29 is 4.79 Å². The summed E-state index contributed by atoms with van der Waals surface area (Å²) in [6.45, 7) is 6.99. The Hall–Kier alpha value is -1.35. The van der Waals surface area contributed by atoms with Crippen LogP contribution in [0.4, 0.5) is 0 Å². The fraction of sp³-hybridized carbons (Fsp3) is 0.588. The summed E-state index contributed by atoms with van der Waals surface area (Å²) in [4.78, 5) is 12.4. The molecule has 0 spiro atoms. The van der Waals surface area contributed by atoms with E-state index in [2.05, 4.69) is 19.2 Å². The molecule has 1 fully saturated rings. The lowest BCUT2D eigenvalue weighted by Gasteiger charge is -2.27. The van der Waals surface area contributed by atoms with Gasteiger partial charge in [-0.3, -0.25) is 4.79 Å². The zero-order valence-electron chi connectivity index (χ0n) is 12.8. The van der Waals surface area contributed by atoms with Crippen LogP contribution in [0.1, 0.15) is 57.2 Å². The van der Waals surface area contributed by atoms with Gasteiger partial charge in [-0.1, -0.05) is 44.5 Å². The molecule has 0 bridgehead atoms. The molecule has 2 unspecified atom stereocenters. The van der Waals surface area contributed by atoms with Crippen LogP contribution in [0.25, 0.3) is 0 Å². The van der Waals surface area contributed by atoms with Crippen molar-refractivity contribution in [1.82, 2.24) is 5.32 Å². The summed E-state index contributed by atoms with van der Waals surface area (Å²) in [6.07, 6.45) is 3.31. The first-order valence-corrected chi connectivity index (χ1v) is 7.53. The Morgan fingerprint density at radius 1 is 1.40 bits per heavy atom. The van der Waals surface area contributed by atoms with Crippen LogP contribution in [0.5, 0.6) is 0 Å². The second-order valence-corrected chi connectivity index (χ2v) is 6.61. The fourth-order valence-electron chi connectivity index (χ4n) is 3.15. The molecule has 0 radical (unpaired) electrons. The quantitative estimate of drug-likeness (QED) is 0.886. The van der Waals surface area contributed by atoms with E-state index < -0.39 is 0 Å². The molecular weight excluding hydrogens is 248 g/mol. The van der Waals surface area contributed by atoms with Crippen molar-refractivity contribution in [3.63, 3.8) is 0 Å². The van der Waals surface area contributed by atoms with Crippen LogP contribution in [0.15, 0.2) is 24.3 Å². The van der Waals surface area contributed by atoms with Crippen LogP contribution in [-0.2, 0) is 11.3 Å². The standard InChI is InChI=1S/C17H26N2O/c1-12(14-8-6-13(11-18)7-9-14)19-16(20)15-5-4-10-17(15,2)3/h6-9,12,15H,4-5,10-11,18H2,1-3H3,(H,19,20). The van der Waals surface area contributed by atoms with Gasteiger partial charge in [0.05, 0.1) is 6.04 Å². The maximum Gasteiger partial charge on any atom is 0.224 e. The number of benzene rings is 1. The van der Waals surface area contributed by atoms with Crippen molar-refractivity contribution in [2.24, 2.45) is 17.1 Å². The summed E-state index contributed by atoms with van der Waals surface area (Å²) in [5.41, 5.74) is 7.98. The first-order chi connectivity index (χ1) is 9.44. The number of amides is 1. The summed E-state index contributed by atoms with van der Waals surface area (Å²) in [5, 5.41) is 3.16. The number of hydrogen-bond acceptors (Lipinski definition) is 2. The molecule has 3 heteroatoms. The number of rotatable bonds is 4. The van der Waals surface area contributed by atoms with Crippen molar-refractivity contribution in [1.29, 1.82) is 0 Å². The Labute approximate surface area is 121 Å².